The minimum atomic E-state index is -7.00. The van der Waals surface area contributed by atoms with E-state index in [1.54, 1.807) is 6.07 Å². The number of esters is 6. The molecule has 2 saturated heterocycles. The van der Waals surface area contributed by atoms with Crippen LogP contribution in [0, 0.1) is 0 Å². The zero-order chi connectivity index (χ0) is 44.6. The standard InChI is InChI=1S/C37H41F3O19S/c1-6-50-35-36(47,60(48,49)37(38,39)40)31(59-33(46)24-15-11-8-12-16-24)28(26(57-35)18-52-32(45)23-13-9-7-10-14-23)58-34-30(55-22(5)44)29(54-21(4)43)27(53-20(3)42)25(56-34)17-51-19(2)41/h7-16,25-31,34-35,47H,6,17-18H2,1-5H3. The van der Waals surface area contributed by atoms with Crippen LogP contribution < -0.4 is 0 Å². The summed E-state index contributed by atoms with van der Waals surface area (Å²) in [5.41, 5.74) is -6.74. The van der Waals surface area contributed by atoms with Crippen molar-refractivity contribution in [3.63, 3.8) is 0 Å². The fourth-order valence-electron chi connectivity index (χ4n) is 6.14. The number of ether oxygens (including phenoxy) is 10. The van der Waals surface area contributed by atoms with Gasteiger partial charge in [-0.25, -0.2) is 18.0 Å². The minimum Gasteiger partial charge on any atom is -0.463 e. The second-order valence-corrected chi connectivity index (χ2v) is 15.1. The molecule has 0 radical (unpaired) electrons. The Morgan fingerprint density at radius 1 is 0.667 bits per heavy atom. The van der Waals surface area contributed by atoms with Gasteiger partial charge in [0.2, 0.25) is 6.29 Å². The summed E-state index contributed by atoms with van der Waals surface area (Å²) in [6.45, 7) is 2.35. The molecule has 2 aromatic carbocycles. The number of hydrogen-bond acceptors (Lipinski definition) is 19. The van der Waals surface area contributed by atoms with Crippen molar-refractivity contribution in [3.05, 3.63) is 71.8 Å². The Kier molecular flexibility index (Phi) is 15.8. The first-order chi connectivity index (χ1) is 28.1. The molecule has 2 aliphatic rings. The Balaban J connectivity index is 1.98. The Morgan fingerprint density at radius 3 is 1.65 bits per heavy atom. The van der Waals surface area contributed by atoms with E-state index in [-0.39, 0.29) is 11.1 Å². The topological polar surface area (TPSA) is 249 Å². The highest BCUT2D eigenvalue weighted by molar-refractivity contribution is 7.93. The number of sulfone groups is 1. The molecule has 0 aromatic heterocycles. The van der Waals surface area contributed by atoms with Crippen molar-refractivity contribution in [2.45, 2.75) is 100 Å². The van der Waals surface area contributed by atoms with Gasteiger partial charge in [0.1, 0.15) is 31.5 Å². The third kappa shape index (κ3) is 10.9. The predicted molar refractivity (Wildman–Crippen MR) is 189 cm³/mol. The molecule has 60 heavy (non-hydrogen) atoms. The van der Waals surface area contributed by atoms with Gasteiger partial charge in [-0.05, 0) is 31.2 Å². The number of carbonyl (C=O) groups is 6. The Labute approximate surface area is 340 Å². The molecule has 2 aliphatic heterocycles. The van der Waals surface area contributed by atoms with E-state index in [2.05, 4.69) is 0 Å². The van der Waals surface area contributed by atoms with Crippen LogP contribution in [-0.4, -0.2) is 135 Å². The normalized spacial score (nSPS) is 28.1. The van der Waals surface area contributed by atoms with Crippen molar-refractivity contribution in [2.75, 3.05) is 19.8 Å². The third-order valence-electron chi connectivity index (χ3n) is 8.63. The molecule has 1 N–H and O–H groups in total. The number of rotatable bonds is 15. The van der Waals surface area contributed by atoms with Crippen LogP contribution in [-0.2, 0) is 76.4 Å². The molecule has 0 aliphatic carbocycles. The van der Waals surface area contributed by atoms with Crippen molar-refractivity contribution in [3.8, 4) is 0 Å². The summed E-state index contributed by atoms with van der Waals surface area (Å²) in [6.07, 6.45) is -20.4. The summed E-state index contributed by atoms with van der Waals surface area (Å²) in [5.74, 6) is -6.76. The van der Waals surface area contributed by atoms with E-state index in [1.807, 2.05) is 0 Å². The number of aliphatic hydroxyl groups is 1. The molecule has 2 fully saturated rings. The monoisotopic (exact) mass is 878 g/mol. The summed E-state index contributed by atoms with van der Waals surface area (Å²) in [4.78, 5) is 71.5. The number of halogens is 3. The van der Waals surface area contributed by atoms with Gasteiger partial charge < -0.3 is 52.5 Å². The second-order valence-electron chi connectivity index (χ2n) is 13.0. The molecule has 0 saturated carbocycles. The van der Waals surface area contributed by atoms with Crippen molar-refractivity contribution < 1.29 is 103 Å². The molecule has 10 atom stereocenters. The number of carbonyl (C=O) groups excluding carboxylic acids is 6. The van der Waals surface area contributed by atoms with Crippen LogP contribution in [0.5, 0.6) is 0 Å². The van der Waals surface area contributed by atoms with E-state index in [9.17, 15) is 55.5 Å². The van der Waals surface area contributed by atoms with E-state index in [0.717, 1.165) is 39.8 Å². The number of benzene rings is 2. The maximum absolute atomic E-state index is 14.6. The number of alkyl halides is 3. The summed E-state index contributed by atoms with van der Waals surface area (Å²) >= 11 is 0. The molecule has 4 rings (SSSR count). The lowest BCUT2D eigenvalue weighted by atomic mass is 9.95. The first kappa shape index (κ1) is 47.5. The molecule has 0 bridgehead atoms. The average Bonchev–Trinajstić information content (AvgIpc) is 3.17. The van der Waals surface area contributed by atoms with E-state index >= 15 is 0 Å². The molecule has 23 heteroatoms. The van der Waals surface area contributed by atoms with Crippen LogP contribution in [0.15, 0.2) is 60.7 Å². The molecule has 0 amide bonds. The van der Waals surface area contributed by atoms with E-state index in [0.29, 0.717) is 0 Å². The van der Waals surface area contributed by atoms with Crippen molar-refractivity contribution in [1.29, 1.82) is 0 Å². The number of hydrogen-bond donors (Lipinski definition) is 1. The SMILES string of the molecule is CCOC1OC(COC(=O)c2ccccc2)C(OC2OC(COC(C)=O)C(OC(C)=O)C(OC(C)=O)C2OC(C)=O)C(OC(=O)c2ccccc2)C1(O)S(=O)(=O)C(F)(F)F. The lowest BCUT2D eigenvalue weighted by Gasteiger charge is -2.51. The van der Waals surface area contributed by atoms with Gasteiger partial charge >= 0.3 is 41.3 Å². The lowest BCUT2D eigenvalue weighted by molar-refractivity contribution is -0.365. The highest BCUT2D eigenvalue weighted by Crippen LogP contribution is 2.46. The lowest BCUT2D eigenvalue weighted by Crippen LogP contribution is -2.74. The summed E-state index contributed by atoms with van der Waals surface area (Å²) in [6, 6.07) is 13.5. The van der Waals surface area contributed by atoms with Crippen LogP contribution in [0.2, 0.25) is 0 Å². The van der Waals surface area contributed by atoms with Crippen LogP contribution in [0.3, 0.4) is 0 Å². The molecule has 0 spiro atoms. The van der Waals surface area contributed by atoms with Gasteiger partial charge in [0, 0.05) is 34.3 Å². The second kappa shape index (κ2) is 19.9. The zero-order valence-corrected chi connectivity index (χ0v) is 33.2. The fraction of sp³-hybridized carbons (Fsp3) is 0.514. The average molecular weight is 879 g/mol. The van der Waals surface area contributed by atoms with Gasteiger partial charge in [-0.1, -0.05) is 36.4 Å². The van der Waals surface area contributed by atoms with Crippen LogP contribution >= 0.6 is 0 Å². The highest BCUT2D eigenvalue weighted by Gasteiger charge is 2.74. The molecule has 2 heterocycles. The first-order valence-corrected chi connectivity index (χ1v) is 19.3. The fourth-order valence-corrected chi connectivity index (χ4v) is 7.38. The first-order valence-electron chi connectivity index (χ1n) is 17.9. The van der Waals surface area contributed by atoms with Crippen molar-refractivity contribution >= 4 is 45.7 Å². The maximum atomic E-state index is 14.6. The highest BCUT2D eigenvalue weighted by atomic mass is 32.2. The Bertz CT molecular complexity index is 1960. The smallest absolute Gasteiger partial charge is 0.463 e. The Hall–Kier alpha value is -5.20. The quantitative estimate of drug-likeness (QED) is 0.198. The summed E-state index contributed by atoms with van der Waals surface area (Å²) < 4.78 is 126. The summed E-state index contributed by atoms with van der Waals surface area (Å²) in [7, 11) is -7.00. The molecular formula is C37H41F3O19S. The molecule has 19 nitrogen and oxygen atoms in total. The minimum absolute atomic E-state index is 0.0464. The largest absolute Gasteiger partial charge is 0.500 e. The molecular weight excluding hydrogens is 837 g/mol. The van der Waals surface area contributed by atoms with Gasteiger partial charge in [-0.2, -0.15) is 13.2 Å². The van der Waals surface area contributed by atoms with Gasteiger partial charge in [0.05, 0.1) is 11.1 Å². The van der Waals surface area contributed by atoms with E-state index in [1.165, 1.54) is 49.4 Å². The van der Waals surface area contributed by atoms with Gasteiger partial charge in [0.15, 0.2) is 30.7 Å². The van der Waals surface area contributed by atoms with Gasteiger partial charge in [0.25, 0.3) is 14.8 Å². The maximum Gasteiger partial charge on any atom is 0.500 e. The van der Waals surface area contributed by atoms with E-state index < -0.39 is 131 Å². The van der Waals surface area contributed by atoms with Gasteiger partial charge in [-0.3, -0.25) is 19.2 Å². The molecule has 2 aromatic rings. The van der Waals surface area contributed by atoms with Crippen LogP contribution in [0.4, 0.5) is 13.2 Å². The van der Waals surface area contributed by atoms with E-state index in [4.69, 9.17) is 47.4 Å². The van der Waals surface area contributed by atoms with Crippen LogP contribution in [0.1, 0.15) is 55.3 Å². The van der Waals surface area contributed by atoms with Gasteiger partial charge in [-0.15, -0.1) is 0 Å². The third-order valence-corrected chi connectivity index (χ3v) is 10.5. The summed E-state index contributed by atoms with van der Waals surface area (Å²) in [5, 5.41) is 12.0. The van der Waals surface area contributed by atoms with Crippen molar-refractivity contribution in [1.82, 2.24) is 0 Å². The van der Waals surface area contributed by atoms with Crippen molar-refractivity contribution in [2.24, 2.45) is 0 Å². The Morgan fingerprint density at radius 2 is 1.15 bits per heavy atom. The van der Waals surface area contributed by atoms with Crippen LogP contribution in [0.25, 0.3) is 0 Å². The predicted octanol–water partition coefficient (Wildman–Crippen LogP) is 1.92. The zero-order valence-electron chi connectivity index (χ0n) is 32.4. The molecule has 10 unspecified atom stereocenters. The molecule has 330 valence electrons.